The van der Waals surface area contributed by atoms with Crippen LogP contribution in [0.15, 0.2) is 48.8 Å². The van der Waals surface area contributed by atoms with Crippen LogP contribution in [0.3, 0.4) is 0 Å². The summed E-state index contributed by atoms with van der Waals surface area (Å²) >= 11 is 0. The van der Waals surface area contributed by atoms with Gasteiger partial charge in [-0.25, -0.2) is 15.0 Å². The number of hydrogen-bond acceptors (Lipinski definition) is 5. The molecule has 2 aromatic heterocycles. The van der Waals surface area contributed by atoms with Crippen LogP contribution in [0.25, 0.3) is 22.6 Å². The molecule has 0 saturated heterocycles. The van der Waals surface area contributed by atoms with Gasteiger partial charge in [0.05, 0.1) is 9.52 Å². The van der Waals surface area contributed by atoms with Crippen LogP contribution in [0, 0.1) is 11.8 Å². The van der Waals surface area contributed by atoms with Crippen molar-refractivity contribution in [3.8, 4) is 28.4 Å². The average molecular weight is 708 g/mol. The maximum Gasteiger partial charge on any atom is 0.329 e. The number of ether oxygens (including phenoxy) is 2. The van der Waals surface area contributed by atoms with E-state index in [0.29, 0.717) is 24.5 Å². The van der Waals surface area contributed by atoms with E-state index in [4.69, 9.17) is 9.47 Å². The van der Waals surface area contributed by atoms with E-state index in [0.717, 1.165) is 36.8 Å². The Labute approximate surface area is 303 Å². The predicted octanol–water partition coefficient (Wildman–Crippen LogP) is 10.8. The van der Waals surface area contributed by atoms with E-state index in [9.17, 15) is 0 Å². The van der Waals surface area contributed by atoms with Gasteiger partial charge in [0.25, 0.3) is 0 Å². The van der Waals surface area contributed by atoms with Gasteiger partial charge in [-0.1, -0.05) is 140 Å². The third kappa shape index (κ3) is 12.5. The molecule has 5 nitrogen and oxygen atoms in total. The first-order chi connectivity index (χ1) is 24.3. The average Bonchev–Trinajstić information content (AvgIpc) is 3.38. The second kappa shape index (κ2) is 21.6. The van der Waals surface area contributed by atoms with Crippen molar-refractivity contribution in [2.75, 3.05) is 13.2 Å². The Balaban J connectivity index is 1.24. The Morgan fingerprint density at radius 2 is 1.42 bits per heavy atom. The van der Waals surface area contributed by atoms with Crippen molar-refractivity contribution in [3.63, 3.8) is 0 Å². The Hall–Kier alpha value is -2.71. The lowest BCUT2D eigenvalue weighted by Crippen LogP contribution is -2.30. The van der Waals surface area contributed by atoms with Crippen LogP contribution in [0.4, 0.5) is 8.78 Å². The molecule has 4 rings (SSSR count). The normalized spacial score (nSPS) is 16.5. The van der Waals surface area contributed by atoms with Gasteiger partial charge in [0.15, 0.2) is 17.6 Å². The fourth-order valence-corrected chi connectivity index (χ4v) is 9.24. The minimum atomic E-state index is -3.17. The first kappa shape index (κ1) is 40.1. The van der Waals surface area contributed by atoms with Gasteiger partial charge in [0.1, 0.15) is 11.4 Å². The molecule has 0 amide bonds. The number of aromatic nitrogens is 3. The second-order valence-electron chi connectivity index (χ2n) is 14.8. The Morgan fingerprint density at radius 1 is 0.780 bits per heavy atom. The van der Waals surface area contributed by atoms with Crippen LogP contribution in [0.5, 0.6) is 5.75 Å². The number of nitrogens with zero attached hydrogens (tertiary/aromatic N) is 3. The Kier molecular flexibility index (Phi) is 17.3. The highest BCUT2D eigenvalue weighted by molar-refractivity contribution is 6.55. The molecule has 0 radical (unpaired) electrons. The summed E-state index contributed by atoms with van der Waals surface area (Å²) in [5, 5.41) is 1.42. The number of benzene rings is 1. The van der Waals surface area contributed by atoms with Gasteiger partial charge < -0.3 is 9.47 Å². The molecule has 0 N–H and O–H groups in total. The minimum absolute atomic E-state index is 0.146. The zero-order valence-corrected chi connectivity index (χ0v) is 32.8. The molecule has 0 bridgehead atoms. The first-order valence-electron chi connectivity index (χ1n) is 19.9. The highest BCUT2D eigenvalue weighted by Crippen LogP contribution is 2.46. The molecular weight excluding hydrogens is 645 g/mol. The van der Waals surface area contributed by atoms with Crippen molar-refractivity contribution in [1.29, 1.82) is 0 Å². The highest BCUT2D eigenvalue weighted by Gasteiger charge is 2.52. The lowest BCUT2D eigenvalue weighted by Gasteiger charge is -2.17. The van der Waals surface area contributed by atoms with E-state index in [2.05, 4.69) is 66.9 Å². The topological polar surface area (TPSA) is 57.1 Å². The fraction of sp³-hybridized carbons (Fsp3) is 0.643. The molecule has 3 unspecified atom stereocenters. The third-order valence-electron chi connectivity index (χ3n) is 10.3. The monoisotopic (exact) mass is 707 g/mol. The van der Waals surface area contributed by atoms with E-state index in [1.165, 1.54) is 93.8 Å². The molecule has 1 aromatic carbocycles. The maximum atomic E-state index is 15.4. The standard InChI is InChI=1S/C42H63F2N3O2Si/c1-5-7-9-16-27-48-28-17-15-23-39-42(43,44)40-37(49-39)25-24-36(47-40)41-45-30-34(31-46-41)35-21-13-14-22-38(35)50-29-26-33(4)20-12-11-19-32(3)18-10-8-6-2/h13-14,21-22,24-25,30-33,39H,5-12,15-20,23,26-29,50H2,1-4H3. The van der Waals surface area contributed by atoms with Crippen molar-refractivity contribution >= 4 is 14.7 Å². The van der Waals surface area contributed by atoms with Gasteiger partial charge in [-0.15, -0.1) is 0 Å². The number of rotatable bonds is 25. The summed E-state index contributed by atoms with van der Waals surface area (Å²) in [6.07, 6.45) is 20.8. The molecule has 8 heteroatoms. The van der Waals surface area contributed by atoms with E-state index in [1.54, 1.807) is 24.5 Å². The molecule has 0 spiro atoms. The Bertz CT molecular complexity index is 1390. The smallest absolute Gasteiger partial charge is 0.329 e. The summed E-state index contributed by atoms with van der Waals surface area (Å²) in [5.74, 6) is -1.05. The second-order valence-corrected chi connectivity index (χ2v) is 16.7. The number of halogens is 2. The van der Waals surface area contributed by atoms with E-state index in [1.807, 2.05) is 0 Å². The molecule has 1 aliphatic heterocycles. The third-order valence-corrected chi connectivity index (χ3v) is 12.2. The molecule has 1 aliphatic rings. The van der Waals surface area contributed by atoms with E-state index >= 15 is 8.78 Å². The zero-order valence-electron chi connectivity index (χ0n) is 31.4. The lowest BCUT2D eigenvalue weighted by molar-refractivity contribution is -0.0821. The van der Waals surface area contributed by atoms with Crippen molar-refractivity contribution < 1.29 is 18.3 Å². The van der Waals surface area contributed by atoms with Gasteiger partial charge in [-0.05, 0) is 55.2 Å². The number of pyridine rings is 1. The minimum Gasteiger partial charge on any atom is -0.482 e. The molecule has 0 fully saturated rings. The van der Waals surface area contributed by atoms with Crippen molar-refractivity contribution in [1.82, 2.24) is 15.0 Å². The number of fused-ring (bicyclic) bond motifs is 1. The van der Waals surface area contributed by atoms with Crippen molar-refractivity contribution in [2.45, 2.75) is 148 Å². The van der Waals surface area contributed by atoms with Crippen LogP contribution in [-0.2, 0) is 10.7 Å². The molecule has 0 aliphatic carbocycles. The van der Waals surface area contributed by atoms with Crippen LogP contribution >= 0.6 is 0 Å². The van der Waals surface area contributed by atoms with Gasteiger partial charge >= 0.3 is 5.92 Å². The molecule has 3 aromatic rings. The maximum absolute atomic E-state index is 15.4. The van der Waals surface area contributed by atoms with Crippen LogP contribution in [-0.4, -0.2) is 43.8 Å². The van der Waals surface area contributed by atoms with Crippen LogP contribution < -0.4 is 9.92 Å². The first-order valence-corrected chi connectivity index (χ1v) is 21.6. The molecule has 3 heterocycles. The predicted molar refractivity (Wildman–Crippen MR) is 206 cm³/mol. The summed E-state index contributed by atoms with van der Waals surface area (Å²) in [5.41, 5.74) is 2.15. The SMILES string of the molecule is CCCCCCOCCCCC1Oc2ccc(-c3ncc(-c4ccccc4[SiH2]CCC(C)CCCCC(C)CCCCC)cn3)nc2C1(F)F. The molecular formula is C42H63F2N3O2Si. The molecule has 0 saturated carbocycles. The fourth-order valence-electron chi connectivity index (χ4n) is 7.07. The molecule has 3 atom stereocenters. The van der Waals surface area contributed by atoms with Crippen molar-refractivity contribution in [2.24, 2.45) is 11.8 Å². The van der Waals surface area contributed by atoms with Crippen molar-refractivity contribution in [3.05, 3.63) is 54.5 Å². The number of hydrogen-bond donors (Lipinski definition) is 0. The van der Waals surface area contributed by atoms with Gasteiger partial charge in [0, 0.05) is 31.2 Å². The van der Waals surface area contributed by atoms with Crippen LogP contribution in [0.1, 0.15) is 136 Å². The number of alkyl halides is 2. The zero-order chi connectivity index (χ0) is 35.6. The summed E-state index contributed by atoms with van der Waals surface area (Å²) in [6.45, 7) is 10.6. The highest BCUT2D eigenvalue weighted by atomic mass is 28.2. The quantitative estimate of drug-likeness (QED) is 0.0648. The van der Waals surface area contributed by atoms with Gasteiger partial charge in [-0.3, -0.25) is 0 Å². The summed E-state index contributed by atoms with van der Waals surface area (Å²) < 4.78 is 42.2. The summed E-state index contributed by atoms with van der Waals surface area (Å²) in [7, 11) is -0.452. The van der Waals surface area contributed by atoms with Crippen LogP contribution in [0.2, 0.25) is 6.04 Å². The summed E-state index contributed by atoms with van der Waals surface area (Å²) in [4.78, 5) is 13.5. The lowest BCUT2D eigenvalue weighted by atomic mass is 9.94. The molecule has 50 heavy (non-hydrogen) atoms. The number of unbranched alkanes of at least 4 members (excludes halogenated alkanes) is 7. The summed E-state index contributed by atoms with van der Waals surface area (Å²) in [6, 6.07) is 13.1. The molecule has 276 valence electrons. The largest absolute Gasteiger partial charge is 0.482 e. The van der Waals surface area contributed by atoms with Gasteiger partial charge in [0.2, 0.25) is 0 Å². The van der Waals surface area contributed by atoms with E-state index < -0.39 is 21.5 Å². The van der Waals surface area contributed by atoms with E-state index in [-0.39, 0.29) is 17.9 Å². The van der Waals surface area contributed by atoms with Gasteiger partial charge in [-0.2, -0.15) is 8.78 Å². The Morgan fingerprint density at radius 3 is 2.14 bits per heavy atom.